The predicted octanol–water partition coefficient (Wildman–Crippen LogP) is 3.79. The highest BCUT2D eigenvalue weighted by atomic mass is 32.1. The summed E-state index contributed by atoms with van der Waals surface area (Å²) < 4.78 is 0. The fraction of sp³-hybridized carbons (Fsp3) is 0.353. The Morgan fingerprint density at radius 2 is 1.76 bits per heavy atom. The Morgan fingerprint density at radius 1 is 1.10 bits per heavy atom. The van der Waals surface area contributed by atoms with E-state index in [1.54, 1.807) is 11.3 Å². The van der Waals surface area contributed by atoms with Gasteiger partial charge in [-0.05, 0) is 29.2 Å². The molecule has 2 N–H and O–H groups in total. The zero-order chi connectivity index (χ0) is 15.2. The van der Waals surface area contributed by atoms with Crippen LogP contribution in [0, 0.1) is 0 Å². The van der Waals surface area contributed by atoms with Crippen molar-refractivity contribution in [3.8, 4) is 0 Å². The molecule has 21 heavy (non-hydrogen) atoms. The number of carboxylic acids is 1. The van der Waals surface area contributed by atoms with Crippen LogP contribution >= 0.6 is 11.3 Å². The maximum absolute atomic E-state index is 10.6. The van der Waals surface area contributed by atoms with Gasteiger partial charge in [0.2, 0.25) is 0 Å². The third-order valence-electron chi connectivity index (χ3n) is 3.32. The molecule has 0 radical (unpaired) electrons. The average Bonchev–Trinajstić information content (AvgIpc) is 2.86. The van der Waals surface area contributed by atoms with E-state index in [1.165, 1.54) is 16.0 Å². The van der Waals surface area contributed by atoms with Gasteiger partial charge in [0.15, 0.2) is 0 Å². The Kier molecular flexibility index (Phi) is 5.53. The molecule has 0 atom stereocenters. The van der Waals surface area contributed by atoms with Crippen LogP contribution in [0.3, 0.4) is 0 Å². The zero-order valence-electron chi connectivity index (χ0n) is 12.4. The molecule has 1 aromatic heterocycles. The standard InChI is InChI=1S/C17H21NO2S/c1-12(2)14-5-3-13(4-6-14)10-18-11-16-8-7-15(21-16)9-17(19)20/h3-8,12,18H,9-11H2,1-2H3,(H,19,20). The van der Waals surface area contributed by atoms with Crippen molar-refractivity contribution in [2.45, 2.75) is 39.3 Å². The quantitative estimate of drug-likeness (QED) is 0.818. The third-order valence-corrected chi connectivity index (χ3v) is 4.40. The lowest BCUT2D eigenvalue weighted by molar-refractivity contribution is -0.136. The Labute approximate surface area is 129 Å². The first kappa shape index (κ1) is 15.7. The van der Waals surface area contributed by atoms with Crippen molar-refractivity contribution in [1.29, 1.82) is 0 Å². The van der Waals surface area contributed by atoms with Crippen molar-refractivity contribution >= 4 is 17.3 Å². The summed E-state index contributed by atoms with van der Waals surface area (Å²) in [5.41, 5.74) is 2.62. The number of aliphatic carboxylic acids is 1. The highest BCUT2D eigenvalue weighted by molar-refractivity contribution is 7.12. The second-order valence-electron chi connectivity index (χ2n) is 5.44. The molecule has 112 valence electrons. The van der Waals surface area contributed by atoms with Gasteiger partial charge in [0.1, 0.15) is 0 Å². The molecule has 0 unspecified atom stereocenters. The summed E-state index contributed by atoms with van der Waals surface area (Å²) >= 11 is 1.56. The van der Waals surface area contributed by atoms with Crippen molar-refractivity contribution in [1.82, 2.24) is 5.32 Å². The van der Waals surface area contributed by atoms with E-state index in [2.05, 4.69) is 43.4 Å². The Hall–Kier alpha value is -1.65. The second kappa shape index (κ2) is 7.38. The SMILES string of the molecule is CC(C)c1ccc(CNCc2ccc(CC(=O)O)s2)cc1. The van der Waals surface area contributed by atoms with Crippen LogP contribution in [0.4, 0.5) is 0 Å². The number of hydrogen-bond donors (Lipinski definition) is 2. The lowest BCUT2D eigenvalue weighted by Gasteiger charge is -2.07. The highest BCUT2D eigenvalue weighted by Gasteiger charge is 2.04. The molecule has 0 saturated heterocycles. The first-order valence-electron chi connectivity index (χ1n) is 7.13. The normalized spacial score (nSPS) is 11.0. The molecular formula is C17H21NO2S. The topological polar surface area (TPSA) is 49.3 Å². The lowest BCUT2D eigenvalue weighted by Crippen LogP contribution is -2.11. The minimum Gasteiger partial charge on any atom is -0.481 e. The molecule has 0 amide bonds. The first-order chi connectivity index (χ1) is 10.0. The van der Waals surface area contributed by atoms with Crippen LogP contribution in [0.1, 0.15) is 40.6 Å². The van der Waals surface area contributed by atoms with E-state index in [0.29, 0.717) is 5.92 Å². The Bertz CT molecular complexity index is 587. The first-order valence-corrected chi connectivity index (χ1v) is 7.95. The van der Waals surface area contributed by atoms with Crippen LogP contribution in [0.5, 0.6) is 0 Å². The number of hydrogen-bond acceptors (Lipinski definition) is 3. The molecule has 4 heteroatoms. The maximum Gasteiger partial charge on any atom is 0.308 e. The molecule has 0 fully saturated rings. The fourth-order valence-corrected chi connectivity index (χ4v) is 3.09. The van der Waals surface area contributed by atoms with E-state index in [-0.39, 0.29) is 6.42 Å². The lowest BCUT2D eigenvalue weighted by atomic mass is 10.0. The predicted molar refractivity (Wildman–Crippen MR) is 86.7 cm³/mol. The van der Waals surface area contributed by atoms with Gasteiger partial charge < -0.3 is 10.4 Å². The van der Waals surface area contributed by atoms with E-state index >= 15 is 0 Å². The van der Waals surface area contributed by atoms with Gasteiger partial charge in [0.25, 0.3) is 0 Å². The van der Waals surface area contributed by atoms with E-state index in [1.807, 2.05) is 12.1 Å². The zero-order valence-corrected chi connectivity index (χ0v) is 13.2. The number of benzene rings is 1. The number of carbonyl (C=O) groups is 1. The molecule has 2 aromatic rings. The van der Waals surface area contributed by atoms with Crippen molar-refractivity contribution in [3.05, 3.63) is 57.3 Å². The number of nitrogens with one attached hydrogen (secondary N) is 1. The summed E-state index contributed by atoms with van der Waals surface area (Å²) in [5.74, 6) is -0.215. The Morgan fingerprint density at radius 3 is 2.38 bits per heavy atom. The Balaban J connectivity index is 1.81. The van der Waals surface area contributed by atoms with E-state index in [0.717, 1.165) is 18.0 Å². The van der Waals surface area contributed by atoms with E-state index in [9.17, 15) is 4.79 Å². The summed E-state index contributed by atoms with van der Waals surface area (Å²) in [4.78, 5) is 12.7. The van der Waals surface area contributed by atoms with Crippen molar-refractivity contribution < 1.29 is 9.90 Å². The molecule has 3 nitrogen and oxygen atoms in total. The minimum atomic E-state index is -0.776. The summed E-state index contributed by atoms with van der Waals surface area (Å²) in [6.45, 7) is 5.98. The van der Waals surface area contributed by atoms with Crippen molar-refractivity contribution in [2.75, 3.05) is 0 Å². The van der Waals surface area contributed by atoms with Gasteiger partial charge in [0, 0.05) is 22.8 Å². The number of rotatable bonds is 7. The highest BCUT2D eigenvalue weighted by Crippen LogP contribution is 2.17. The van der Waals surface area contributed by atoms with Crippen molar-refractivity contribution in [2.24, 2.45) is 0 Å². The third kappa shape index (κ3) is 4.99. The average molecular weight is 303 g/mol. The largest absolute Gasteiger partial charge is 0.481 e. The molecule has 0 aliphatic heterocycles. The molecule has 0 spiro atoms. The molecule has 0 aliphatic carbocycles. The fourth-order valence-electron chi connectivity index (χ4n) is 2.11. The molecule has 0 saturated carbocycles. The summed E-state index contributed by atoms with van der Waals surface area (Å²) in [5, 5.41) is 12.1. The summed E-state index contributed by atoms with van der Waals surface area (Å²) in [7, 11) is 0. The van der Waals surface area contributed by atoms with E-state index in [4.69, 9.17) is 5.11 Å². The molecular weight excluding hydrogens is 282 g/mol. The van der Waals surface area contributed by atoms with Crippen molar-refractivity contribution in [3.63, 3.8) is 0 Å². The summed E-state index contributed by atoms with van der Waals surface area (Å²) in [6, 6.07) is 12.6. The van der Waals surface area contributed by atoms with Gasteiger partial charge in [-0.25, -0.2) is 0 Å². The molecule has 2 rings (SSSR count). The van der Waals surface area contributed by atoms with Gasteiger partial charge in [-0.3, -0.25) is 4.79 Å². The minimum absolute atomic E-state index is 0.112. The van der Waals surface area contributed by atoms with Gasteiger partial charge in [0.05, 0.1) is 6.42 Å². The number of thiophene rings is 1. The molecule has 0 bridgehead atoms. The van der Waals surface area contributed by atoms with Crippen LogP contribution in [-0.4, -0.2) is 11.1 Å². The van der Waals surface area contributed by atoms with Crippen LogP contribution in [0.2, 0.25) is 0 Å². The van der Waals surface area contributed by atoms with Crippen LogP contribution < -0.4 is 5.32 Å². The van der Waals surface area contributed by atoms with Crippen LogP contribution in [0.25, 0.3) is 0 Å². The van der Waals surface area contributed by atoms with Gasteiger partial charge in [-0.15, -0.1) is 11.3 Å². The number of carboxylic acid groups (broad SMARTS) is 1. The second-order valence-corrected chi connectivity index (χ2v) is 6.69. The summed E-state index contributed by atoms with van der Waals surface area (Å²) in [6.07, 6.45) is 0.112. The van der Waals surface area contributed by atoms with Gasteiger partial charge in [-0.2, -0.15) is 0 Å². The molecule has 0 aliphatic rings. The van der Waals surface area contributed by atoms with Gasteiger partial charge in [-0.1, -0.05) is 38.1 Å². The smallest absolute Gasteiger partial charge is 0.308 e. The molecule has 1 aromatic carbocycles. The van der Waals surface area contributed by atoms with Gasteiger partial charge >= 0.3 is 5.97 Å². The monoisotopic (exact) mass is 303 g/mol. The maximum atomic E-state index is 10.6. The molecule has 1 heterocycles. The van der Waals surface area contributed by atoms with Crippen LogP contribution in [0.15, 0.2) is 36.4 Å². The van der Waals surface area contributed by atoms with E-state index < -0.39 is 5.97 Å². The van der Waals surface area contributed by atoms with Crippen LogP contribution in [-0.2, 0) is 24.3 Å².